The maximum absolute atomic E-state index is 5.56. The normalized spacial score (nSPS) is 12.4. The van der Waals surface area contributed by atoms with Crippen molar-refractivity contribution in [1.82, 2.24) is 5.32 Å². The molecule has 0 radical (unpaired) electrons. The van der Waals surface area contributed by atoms with Gasteiger partial charge in [0.25, 0.3) is 0 Å². The number of ether oxygens (including phenoxy) is 1. The first-order valence-electron chi connectivity index (χ1n) is 6.03. The molecule has 0 aliphatic rings. The molecule has 2 nitrogen and oxygen atoms in total. The third-order valence-corrected chi connectivity index (χ3v) is 2.12. The van der Waals surface area contributed by atoms with Gasteiger partial charge in [0, 0.05) is 18.7 Å². The minimum atomic E-state index is 0. The Labute approximate surface area is 103 Å². The fraction of sp³-hybridized carbons (Fsp3) is 1.00. The van der Waals surface area contributed by atoms with Gasteiger partial charge in [-0.05, 0) is 39.0 Å². The Kier molecular flexibility index (Phi) is 9.23. The SMILES string of the molecule is C.CC(C)(C)CCCOCCNC(C)(C)C. The summed E-state index contributed by atoms with van der Waals surface area (Å²) >= 11 is 0. The second kappa shape index (κ2) is 8.08. The van der Waals surface area contributed by atoms with Gasteiger partial charge in [0.05, 0.1) is 6.61 Å². The summed E-state index contributed by atoms with van der Waals surface area (Å²) in [5.74, 6) is 0. The van der Waals surface area contributed by atoms with Crippen LogP contribution in [-0.2, 0) is 4.74 Å². The first kappa shape index (κ1) is 18.3. The van der Waals surface area contributed by atoms with E-state index in [1.54, 1.807) is 0 Å². The highest BCUT2D eigenvalue weighted by molar-refractivity contribution is 4.69. The summed E-state index contributed by atoms with van der Waals surface area (Å²) in [4.78, 5) is 0. The smallest absolute Gasteiger partial charge is 0.0591 e. The maximum Gasteiger partial charge on any atom is 0.0591 e. The number of nitrogens with one attached hydrogen (secondary N) is 1. The molecule has 16 heavy (non-hydrogen) atoms. The molecule has 2 heteroatoms. The fourth-order valence-corrected chi connectivity index (χ4v) is 1.30. The molecule has 0 unspecified atom stereocenters. The third-order valence-electron chi connectivity index (χ3n) is 2.12. The van der Waals surface area contributed by atoms with Crippen LogP contribution in [0.3, 0.4) is 0 Å². The van der Waals surface area contributed by atoms with Crippen molar-refractivity contribution in [3.8, 4) is 0 Å². The zero-order chi connectivity index (χ0) is 11.9. The van der Waals surface area contributed by atoms with Gasteiger partial charge in [-0.2, -0.15) is 0 Å². The topological polar surface area (TPSA) is 21.3 Å². The van der Waals surface area contributed by atoms with Crippen LogP contribution in [0.4, 0.5) is 0 Å². The summed E-state index contributed by atoms with van der Waals surface area (Å²) < 4.78 is 5.56. The van der Waals surface area contributed by atoms with Gasteiger partial charge in [-0.15, -0.1) is 0 Å². The molecule has 0 fully saturated rings. The first-order valence-corrected chi connectivity index (χ1v) is 6.03. The van der Waals surface area contributed by atoms with Crippen LogP contribution < -0.4 is 5.32 Å². The van der Waals surface area contributed by atoms with Crippen molar-refractivity contribution in [2.45, 2.75) is 67.3 Å². The van der Waals surface area contributed by atoms with E-state index in [2.05, 4.69) is 46.9 Å². The zero-order valence-corrected chi connectivity index (χ0v) is 11.4. The Hall–Kier alpha value is -0.0800. The van der Waals surface area contributed by atoms with Crippen molar-refractivity contribution < 1.29 is 4.74 Å². The number of hydrogen-bond donors (Lipinski definition) is 1. The molecule has 0 spiro atoms. The summed E-state index contributed by atoms with van der Waals surface area (Å²) in [5, 5.41) is 3.40. The minimum absolute atomic E-state index is 0. The molecule has 0 rings (SSSR count). The molecule has 0 bridgehead atoms. The van der Waals surface area contributed by atoms with Crippen LogP contribution in [0.15, 0.2) is 0 Å². The Morgan fingerprint density at radius 3 is 1.94 bits per heavy atom. The van der Waals surface area contributed by atoms with E-state index >= 15 is 0 Å². The molecule has 0 aliphatic carbocycles. The highest BCUT2D eigenvalue weighted by Crippen LogP contribution is 2.20. The molecule has 0 aromatic rings. The second-order valence-electron chi connectivity index (χ2n) is 6.45. The van der Waals surface area contributed by atoms with Crippen LogP contribution in [0.2, 0.25) is 0 Å². The van der Waals surface area contributed by atoms with Gasteiger partial charge in [-0.3, -0.25) is 0 Å². The van der Waals surface area contributed by atoms with Crippen molar-refractivity contribution in [3.05, 3.63) is 0 Å². The molecule has 0 atom stereocenters. The van der Waals surface area contributed by atoms with Crippen molar-refractivity contribution in [2.75, 3.05) is 19.8 Å². The molecular formula is C14H33NO. The summed E-state index contributed by atoms with van der Waals surface area (Å²) in [6, 6.07) is 0. The highest BCUT2D eigenvalue weighted by Gasteiger charge is 2.09. The van der Waals surface area contributed by atoms with Gasteiger partial charge >= 0.3 is 0 Å². The van der Waals surface area contributed by atoms with Crippen molar-refractivity contribution >= 4 is 0 Å². The Bertz CT molecular complexity index is 135. The second-order valence-corrected chi connectivity index (χ2v) is 6.45. The molecule has 0 amide bonds. The van der Waals surface area contributed by atoms with Crippen molar-refractivity contribution in [2.24, 2.45) is 5.41 Å². The summed E-state index contributed by atoms with van der Waals surface area (Å²) in [6.45, 7) is 16.0. The molecule has 1 N–H and O–H groups in total. The van der Waals surface area contributed by atoms with Crippen LogP contribution in [-0.4, -0.2) is 25.3 Å². The molecular weight excluding hydrogens is 198 g/mol. The first-order chi connectivity index (χ1) is 6.71. The Balaban J connectivity index is 0. The Morgan fingerprint density at radius 1 is 0.938 bits per heavy atom. The average Bonchev–Trinajstić information content (AvgIpc) is 1.98. The number of rotatable bonds is 6. The van der Waals surface area contributed by atoms with Gasteiger partial charge in [-0.1, -0.05) is 28.2 Å². The molecule has 0 aromatic carbocycles. The molecule has 100 valence electrons. The van der Waals surface area contributed by atoms with E-state index in [4.69, 9.17) is 4.74 Å². The number of hydrogen-bond acceptors (Lipinski definition) is 2. The van der Waals surface area contributed by atoms with Crippen LogP contribution in [0.1, 0.15) is 61.8 Å². The van der Waals surface area contributed by atoms with Crippen molar-refractivity contribution in [1.29, 1.82) is 0 Å². The summed E-state index contributed by atoms with van der Waals surface area (Å²) in [6.07, 6.45) is 2.40. The largest absolute Gasteiger partial charge is 0.380 e. The van der Waals surface area contributed by atoms with Gasteiger partial charge in [0.15, 0.2) is 0 Å². The predicted octanol–water partition coefficient (Wildman–Crippen LogP) is 3.85. The lowest BCUT2D eigenvalue weighted by Gasteiger charge is -2.20. The maximum atomic E-state index is 5.56. The van der Waals surface area contributed by atoms with E-state index in [1.165, 1.54) is 12.8 Å². The lowest BCUT2D eigenvalue weighted by Crippen LogP contribution is -2.38. The van der Waals surface area contributed by atoms with E-state index in [0.717, 1.165) is 19.8 Å². The van der Waals surface area contributed by atoms with E-state index in [-0.39, 0.29) is 13.0 Å². The van der Waals surface area contributed by atoms with Crippen LogP contribution >= 0.6 is 0 Å². The third kappa shape index (κ3) is 16.4. The highest BCUT2D eigenvalue weighted by atomic mass is 16.5. The van der Waals surface area contributed by atoms with Gasteiger partial charge in [0.2, 0.25) is 0 Å². The fourth-order valence-electron chi connectivity index (χ4n) is 1.30. The molecule has 0 aliphatic heterocycles. The van der Waals surface area contributed by atoms with E-state index in [1.807, 2.05) is 0 Å². The molecule has 0 heterocycles. The van der Waals surface area contributed by atoms with Gasteiger partial charge < -0.3 is 10.1 Å². The van der Waals surface area contributed by atoms with Crippen LogP contribution in [0, 0.1) is 5.41 Å². The van der Waals surface area contributed by atoms with Crippen molar-refractivity contribution in [3.63, 3.8) is 0 Å². The molecule has 0 saturated heterocycles. The van der Waals surface area contributed by atoms with Gasteiger partial charge in [0.1, 0.15) is 0 Å². The minimum Gasteiger partial charge on any atom is -0.380 e. The quantitative estimate of drug-likeness (QED) is 0.701. The lowest BCUT2D eigenvalue weighted by atomic mass is 9.91. The van der Waals surface area contributed by atoms with E-state index < -0.39 is 0 Å². The average molecular weight is 231 g/mol. The zero-order valence-electron chi connectivity index (χ0n) is 11.4. The van der Waals surface area contributed by atoms with E-state index in [0.29, 0.717) is 5.41 Å². The standard InChI is InChI=1S/C13H29NO.CH4/c1-12(2,3)8-7-10-15-11-9-14-13(4,5)6;/h14H,7-11H2,1-6H3;1H4. The molecule has 0 aromatic heterocycles. The predicted molar refractivity (Wildman–Crippen MR) is 74.0 cm³/mol. The summed E-state index contributed by atoms with van der Waals surface area (Å²) in [7, 11) is 0. The summed E-state index contributed by atoms with van der Waals surface area (Å²) in [5.41, 5.74) is 0.641. The lowest BCUT2D eigenvalue weighted by molar-refractivity contribution is 0.120. The van der Waals surface area contributed by atoms with Crippen LogP contribution in [0.5, 0.6) is 0 Å². The van der Waals surface area contributed by atoms with Gasteiger partial charge in [-0.25, -0.2) is 0 Å². The van der Waals surface area contributed by atoms with E-state index in [9.17, 15) is 0 Å². The Morgan fingerprint density at radius 2 is 1.50 bits per heavy atom. The monoisotopic (exact) mass is 231 g/mol. The molecule has 0 saturated carbocycles. The van der Waals surface area contributed by atoms with Crippen LogP contribution in [0.25, 0.3) is 0 Å².